The fourth-order valence-electron chi connectivity index (χ4n) is 1.50. The molecule has 0 amide bonds. The molecule has 0 aliphatic carbocycles. The molecule has 2 atom stereocenters. The fourth-order valence-corrected chi connectivity index (χ4v) is 2.26. The molecule has 3 heteroatoms. The van der Waals surface area contributed by atoms with Crippen LogP contribution in [0.25, 0.3) is 0 Å². The average Bonchev–Trinajstić information content (AvgIpc) is 2.55. The van der Waals surface area contributed by atoms with Gasteiger partial charge in [-0.2, -0.15) is 0 Å². The van der Waals surface area contributed by atoms with Crippen LogP contribution in [0.4, 0.5) is 0 Å². The third kappa shape index (κ3) is 3.76. The number of thiazole rings is 1. The molecule has 0 bridgehead atoms. The van der Waals surface area contributed by atoms with Crippen LogP contribution in [0, 0.1) is 5.92 Å². The molecule has 0 saturated carbocycles. The van der Waals surface area contributed by atoms with E-state index >= 15 is 0 Å². The van der Waals surface area contributed by atoms with E-state index < -0.39 is 0 Å². The minimum Gasteiger partial charge on any atom is -0.312 e. The van der Waals surface area contributed by atoms with E-state index in [9.17, 15) is 0 Å². The van der Waals surface area contributed by atoms with Gasteiger partial charge in [-0.1, -0.05) is 20.8 Å². The molecular weight excluding hydrogens is 192 g/mol. The van der Waals surface area contributed by atoms with Crippen molar-refractivity contribution in [3.63, 3.8) is 0 Å². The van der Waals surface area contributed by atoms with Gasteiger partial charge in [-0.05, 0) is 12.8 Å². The van der Waals surface area contributed by atoms with E-state index in [0.29, 0.717) is 18.0 Å². The fraction of sp³-hybridized carbons (Fsp3) is 0.727. The molecule has 1 aromatic rings. The first-order valence-electron chi connectivity index (χ1n) is 5.24. The number of nitrogens with zero attached hydrogens (tertiary/aromatic N) is 1. The largest absolute Gasteiger partial charge is 0.312 e. The van der Waals surface area contributed by atoms with Crippen LogP contribution in [0.5, 0.6) is 0 Å². The number of aromatic nitrogens is 1. The average molecular weight is 212 g/mol. The smallest absolute Gasteiger partial charge is 0.0928 e. The first-order valence-corrected chi connectivity index (χ1v) is 6.12. The van der Waals surface area contributed by atoms with E-state index in [0.717, 1.165) is 6.42 Å². The maximum absolute atomic E-state index is 4.31. The lowest BCUT2D eigenvalue weighted by molar-refractivity contribution is 0.371. The summed E-state index contributed by atoms with van der Waals surface area (Å²) in [6.45, 7) is 8.90. The van der Waals surface area contributed by atoms with Gasteiger partial charge >= 0.3 is 0 Å². The normalized spacial score (nSPS) is 15.8. The monoisotopic (exact) mass is 212 g/mol. The predicted molar refractivity (Wildman–Crippen MR) is 62.7 cm³/mol. The zero-order valence-electron chi connectivity index (χ0n) is 9.45. The van der Waals surface area contributed by atoms with Crippen molar-refractivity contribution in [2.24, 2.45) is 5.92 Å². The van der Waals surface area contributed by atoms with E-state index in [4.69, 9.17) is 0 Å². The Morgan fingerprint density at radius 2 is 2.07 bits per heavy atom. The van der Waals surface area contributed by atoms with Crippen molar-refractivity contribution in [2.45, 2.75) is 46.2 Å². The Kier molecular flexibility index (Phi) is 4.55. The quantitative estimate of drug-likeness (QED) is 0.811. The molecule has 1 aromatic heterocycles. The Morgan fingerprint density at radius 1 is 1.36 bits per heavy atom. The third-order valence-electron chi connectivity index (χ3n) is 2.43. The topological polar surface area (TPSA) is 24.9 Å². The van der Waals surface area contributed by atoms with Gasteiger partial charge in [0.25, 0.3) is 0 Å². The van der Waals surface area contributed by atoms with Crippen LogP contribution >= 0.6 is 11.3 Å². The van der Waals surface area contributed by atoms with Crippen LogP contribution in [0.15, 0.2) is 11.6 Å². The van der Waals surface area contributed by atoms with E-state index in [1.54, 1.807) is 11.3 Å². The Balaban J connectivity index is 2.37. The number of hydrogen-bond donors (Lipinski definition) is 1. The highest BCUT2D eigenvalue weighted by Gasteiger charge is 2.14. The Morgan fingerprint density at radius 3 is 2.57 bits per heavy atom. The summed E-state index contributed by atoms with van der Waals surface area (Å²) in [6.07, 6.45) is 2.96. The minimum absolute atomic E-state index is 0.555. The van der Waals surface area contributed by atoms with Crippen molar-refractivity contribution in [3.8, 4) is 0 Å². The molecule has 2 unspecified atom stereocenters. The first-order chi connectivity index (χ1) is 6.59. The summed E-state index contributed by atoms with van der Waals surface area (Å²) >= 11 is 1.75. The molecule has 0 aromatic carbocycles. The second-order valence-electron chi connectivity index (χ2n) is 4.22. The molecule has 2 nitrogen and oxygen atoms in total. The van der Waals surface area contributed by atoms with Gasteiger partial charge in [-0.25, -0.2) is 4.98 Å². The summed E-state index contributed by atoms with van der Waals surface area (Å²) < 4.78 is 0. The van der Waals surface area contributed by atoms with Crippen molar-refractivity contribution >= 4 is 11.3 Å². The van der Waals surface area contributed by atoms with Crippen molar-refractivity contribution in [1.82, 2.24) is 10.3 Å². The van der Waals surface area contributed by atoms with Gasteiger partial charge in [0.05, 0.1) is 5.01 Å². The van der Waals surface area contributed by atoms with Gasteiger partial charge in [-0.15, -0.1) is 11.3 Å². The Hall–Kier alpha value is -0.410. The molecular formula is C11H20N2S. The summed E-state index contributed by atoms with van der Waals surface area (Å²) in [4.78, 5) is 4.31. The lowest BCUT2D eigenvalue weighted by atomic mass is 9.99. The molecule has 1 heterocycles. The number of rotatable bonds is 5. The summed E-state index contributed by atoms with van der Waals surface area (Å²) in [5.74, 6) is 0.642. The molecule has 0 saturated heterocycles. The maximum Gasteiger partial charge on any atom is 0.0928 e. The van der Waals surface area contributed by atoms with Gasteiger partial charge in [0.15, 0.2) is 0 Å². The third-order valence-corrected chi connectivity index (χ3v) is 3.23. The van der Waals surface area contributed by atoms with E-state index in [2.05, 4.69) is 38.0 Å². The van der Waals surface area contributed by atoms with Crippen molar-refractivity contribution in [1.29, 1.82) is 0 Å². The zero-order chi connectivity index (χ0) is 10.6. The molecule has 80 valence electrons. The highest BCUT2D eigenvalue weighted by atomic mass is 32.1. The van der Waals surface area contributed by atoms with Crippen molar-refractivity contribution in [2.75, 3.05) is 0 Å². The summed E-state index contributed by atoms with van der Waals surface area (Å²) in [6, 6.07) is 1.11. The summed E-state index contributed by atoms with van der Waals surface area (Å²) in [5, 5.41) is 6.82. The lowest BCUT2D eigenvalue weighted by Crippen LogP contribution is -2.37. The molecule has 0 fully saturated rings. The second-order valence-corrected chi connectivity index (χ2v) is 5.20. The molecule has 0 spiro atoms. The Bertz CT molecular complexity index is 244. The van der Waals surface area contributed by atoms with E-state index in [1.807, 2.05) is 11.6 Å². The van der Waals surface area contributed by atoms with Gasteiger partial charge < -0.3 is 5.32 Å². The standard InChI is InChI=1S/C11H20N2S/c1-8(2)13-10(4)9(3)7-11-12-5-6-14-11/h5-6,8-10,13H,7H2,1-4H3. The van der Waals surface area contributed by atoms with E-state index in [-0.39, 0.29) is 0 Å². The highest BCUT2D eigenvalue weighted by Crippen LogP contribution is 2.14. The highest BCUT2D eigenvalue weighted by molar-refractivity contribution is 7.09. The van der Waals surface area contributed by atoms with Gasteiger partial charge in [0.1, 0.15) is 0 Å². The predicted octanol–water partition coefficient (Wildman–Crippen LogP) is 2.71. The van der Waals surface area contributed by atoms with Crippen LogP contribution in [0.3, 0.4) is 0 Å². The lowest BCUT2D eigenvalue weighted by Gasteiger charge is -2.22. The van der Waals surface area contributed by atoms with Crippen molar-refractivity contribution < 1.29 is 0 Å². The van der Waals surface area contributed by atoms with E-state index in [1.165, 1.54) is 5.01 Å². The number of nitrogens with one attached hydrogen (secondary N) is 1. The van der Waals surface area contributed by atoms with Crippen LogP contribution in [0.2, 0.25) is 0 Å². The molecule has 1 rings (SSSR count). The van der Waals surface area contributed by atoms with Gasteiger partial charge in [0.2, 0.25) is 0 Å². The molecule has 1 N–H and O–H groups in total. The summed E-state index contributed by atoms with van der Waals surface area (Å²) in [5.41, 5.74) is 0. The summed E-state index contributed by atoms with van der Waals surface area (Å²) in [7, 11) is 0. The Labute approximate surface area is 90.8 Å². The van der Waals surface area contributed by atoms with Crippen molar-refractivity contribution in [3.05, 3.63) is 16.6 Å². The van der Waals surface area contributed by atoms with Gasteiger partial charge in [-0.3, -0.25) is 0 Å². The molecule has 0 aliphatic heterocycles. The van der Waals surface area contributed by atoms with Crippen LogP contribution < -0.4 is 5.32 Å². The SMILES string of the molecule is CC(C)NC(C)C(C)Cc1nccs1. The van der Waals surface area contributed by atoms with Crippen LogP contribution in [0.1, 0.15) is 32.7 Å². The maximum atomic E-state index is 4.31. The first kappa shape index (κ1) is 11.7. The van der Waals surface area contributed by atoms with Crippen LogP contribution in [-0.4, -0.2) is 17.1 Å². The number of hydrogen-bond acceptors (Lipinski definition) is 3. The second kappa shape index (κ2) is 5.47. The van der Waals surface area contributed by atoms with Crippen LogP contribution in [-0.2, 0) is 6.42 Å². The molecule has 0 aliphatic rings. The zero-order valence-corrected chi connectivity index (χ0v) is 10.3. The molecule has 0 radical (unpaired) electrons. The molecule has 14 heavy (non-hydrogen) atoms. The minimum atomic E-state index is 0.555. The van der Waals surface area contributed by atoms with Gasteiger partial charge in [0, 0.05) is 30.1 Å².